The molecule has 0 amide bonds. The van der Waals surface area contributed by atoms with Crippen LogP contribution in [0, 0.1) is 0 Å². The van der Waals surface area contributed by atoms with Crippen molar-refractivity contribution in [2.45, 2.75) is 12.0 Å². The molecular weight excluding hydrogens is 228 g/mol. The lowest BCUT2D eigenvalue weighted by molar-refractivity contribution is 0.0423. The molecule has 2 atom stereocenters. The topological polar surface area (TPSA) is 58.7 Å². The average molecular weight is 252 g/mol. The summed E-state index contributed by atoms with van der Waals surface area (Å²) < 4.78 is 4.92. The minimum Gasteiger partial charge on any atom is -0.389 e. The third-order valence-corrected chi connectivity index (χ3v) is 2.97. The largest absolute Gasteiger partial charge is 0.389 e. The Kier molecular flexibility index (Phi) is 6.90. The number of aliphatic hydroxyl groups is 1. The van der Waals surface area contributed by atoms with Crippen LogP contribution >= 0.6 is 0 Å². The Morgan fingerprint density at radius 3 is 2.50 bits per heavy atom. The molecule has 0 saturated carbocycles. The maximum absolute atomic E-state index is 9.68. The van der Waals surface area contributed by atoms with Gasteiger partial charge in [-0.25, -0.2) is 0 Å². The van der Waals surface area contributed by atoms with Gasteiger partial charge in [-0.2, -0.15) is 0 Å². The van der Waals surface area contributed by atoms with Gasteiger partial charge in [-0.05, 0) is 12.6 Å². The third-order valence-electron chi connectivity index (χ3n) is 2.97. The number of nitrogens with zero attached hydrogens (tertiary/aromatic N) is 1. The smallest absolute Gasteiger partial charge is 0.0899 e. The first-order valence-corrected chi connectivity index (χ1v) is 6.28. The first-order valence-electron chi connectivity index (χ1n) is 6.28. The predicted molar refractivity (Wildman–Crippen MR) is 73.6 cm³/mol. The molecule has 4 nitrogen and oxygen atoms in total. The van der Waals surface area contributed by atoms with Crippen LogP contribution in [0.3, 0.4) is 0 Å². The molecule has 0 radical (unpaired) electrons. The summed E-state index contributed by atoms with van der Waals surface area (Å²) in [6.45, 7) is 2.40. The second-order valence-corrected chi connectivity index (χ2v) is 4.67. The number of nitrogens with two attached hydrogens (primary N) is 1. The number of ether oxygens (including phenoxy) is 1. The molecule has 0 heterocycles. The minimum atomic E-state index is -0.450. The van der Waals surface area contributed by atoms with Crippen molar-refractivity contribution >= 4 is 0 Å². The Morgan fingerprint density at radius 2 is 1.94 bits per heavy atom. The number of benzene rings is 1. The van der Waals surface area contributed by atoms with E-state index in [0.717, 1.165) is 6.54 Å². The number of methoxy groups -OCH3 is 1. The maximum atomic E-state index is 9.68. The van der Waals surface area contributed by atoms with Gasteiger partial charge >= 0.3 is 0 Å². The molecule has 1 rings (SSSR count). The van der Waals surface area contributed by atoms with Crippen molar-refractivity contribution in [2.24, 2.45) is 5.73 Å². The molecular formula is C14H24N2O2. The Balaban J connectivity index is 2.48. The normalized spacial score (nSPS) is 14.7. The van der Waals surface area contributed by atoms with Crippen LogP contribution in [-0.2, 0) is 4.74 Å². The first-order chi connectivity index (χ1) is 8.67. The van der Waals surface area contributed by atoms with Gasteiger partial charge in [0.15, 0.2) is 0 Å². The molecule has 0 bridgehead atoms. The number of hydrogen-bond acceptors (Lipinski definition) is 4. The van der Waals surface area contributed by atoms with Crippen LogP contribution in [-0.4, -0.2) is 56.5 Å². The van der Waals surface area contributed by atoms with Crippen molar-refractivity contribution in [3.8, 4) is 0 Å². The number of rotatable bonds is 8. The summed E-state index contributed by atoms with van der Waals surface area (Å²) >= 11 is 0. The van der Waals surface area contributed by atoms with Crippen molar-refractivity contribution in [3.63, 3.8) is 0 Å². The molecule has 1 aromatic rings. The molecule has 0 aliphatic carbocycles. The van der Waals surface area contributed by atoms with Gasteiger partial charge in [-0.3, -0.25) is 0 Å². The van der Waals surface area contributed by atoms with Crippen molar-refractivity contribution in [1.82, 2.24) is 4.90 Å². The first kappa shape index (κ1) is 15.1. The molecule has 3 N–H and O–H groups in total. The van der Waals surface area contributed by atoms with Crippen LogP contribution in [0.5, 0.6) is 0 Å². The number of hydrogen-bond donors (Lipinski definition) is 2. The Morgan fingerprint density at radius 1 is 1.28 bits per heavy atom. The Bertz CT molecular complexity index is 319. The zero-order chi connectivity index (χ0) is 13.4. The summed E-state index contributed by atoms with van der Waals surface area (Å²) in [4.78, 5) is 2.09. The standard InChI is InChI=1S/C14H24N2O2/c1-16(10-14(17)11-18-2)9-13(8-15)12-6-4-3-5-7-12/h3-7,13-14,17H,8-11,15H2,1-2H3. The van der Waals surface area contributed by atoms with Crippen LogP contribution < -0.4 is 5.73 Å². The number of aliphatic hydroxyl groups excluding tert-OH is 1. The van der Waals surface area contributed by atoms with Gasteiger partial charge in [0.05, 0.1) is 12.7 Å². The van der Waals surface area contributed by atoms with E-state index in [-0.39, 0.29) is 0 Å². The van der Waals surface area contributed by atoms with Crippen LogP contribution in [0.2, 0.25) is 0 Å². The Labute approximate surface area is 109 Å². The van der Waals surface area contributed by atoms with Crippen LogP contribution in [0.4, 0.5) is 0 Å². The highest BCUT2D eigenvalue weighted by Gasteiger charge is 2.14. The van der Waals surface area contributed by atoms with Gasteiger partial charge in [0.2, 0.25) is 0 Å². The lowest BCUT2D eigenvalue weighted by Crippen LogP contribution is -2.36. The summed E-state index contributed by atoms with van der Waals surface area (Å²) in [5.41, 5.74) is 7.07. The molecule has 0 fully saturated rings. The summed E-state index contributed by atoms with van der Waals surface area (Å²) in [6.07, 6.45) is -0.450. The third kappa shape index (κ3) is 5.14. The van der Waals surface area contributed by atoms with Gasteiger partial charge in [0.1, 0.15) is 0 Å². The van der Waals surface area contributed by atoms with E-state index >= 15 is 0 Å². The van der Waals surface area contributed by atoms with E-state index in [2.05, 4.69) is 17.0 Å². The van der Waals surface area contributed by atoms with Crippen molar-refractivity contribution in [1.29, 1.82) is 0 Å². The lowest BCUT2D eigenvalue weighted by atomic mass is 9.99. The van der Waals surface area contributed by atoms with Gasteiger partial charge in [0.25, 0.3) is 0 Å². The van der Waals surface area contributed by atoms with Crippen LogP contribution in [0.15, 0.2) is 30.3 Å². The van der Waals surface area contributed by atoms with E-state index in [4.69, 9.17) is 10.5 Å². The Hall–Kier alpha value is -0.940. The van der Waals surface area contributed by atoms with Gasteiger partial charge in [-0.15, -0.1) is 0 Å². The summed E-state index contributed by atoms with van der Waals surface area (Å²) in [5.74, 6) is 0.297. The maximum Gasteiger partial charge on any atom is 0.0899 e. The molecule has 0 saturated heterocycles. The molecule has 4 heteroatoms. The lowest BCUT2D eigenvalue weighted by Gasteiger charge is -2.25. The fourth-order valence-corrected chi connectivity index (χ4v) is 2.10. The zero-order valence-electron chi connectivity index (χ0n) is 11.2. The molecule has 0 aromatic heterocycles. The zero-order valence-corrected chi connectivity index (χ0v) is 11.2. The fraction of sp³-hybridized carbons (Fsp3) is 0.571. The van der Waals surface area contributed by atoms with Crippen molar-refractivity contribution in [3.05, 3.63) is 35.9 Å². The SMILES string of the molecule is COCC(O)CN(C)CC(CN)c1ccccc1. The highest BCUT2D eigenvalue weighted by atomic mass is 16.5. The highest BCUT2D eigenvalue weighted by Crippen LogP contribution is 2.15. The molecule has 2 unspecified atom stereocenters. The molecule has 102 valence electrons. The summed E-state index contributed by atoms with van der Waals surface area (Å²) in [6, 6.07) is 10.2. The second kappa shape index (κ2) is 8.21. The highest BCUT2D eigenvalue weighted by molar-refractivity contribution is 5.20. The predicted octanol–water partition coefficient (Wildman–Crippen LogP) is 0.668. The van der Waals surface area contributed by atoms with E-state index < -0.39 is 6.10 Å². The summed E-state index contributed by atoms with van der Waals surface area (Å²) in [7, 11) is 3.58. The van der Waals surface area contributed by atoms with Crippen molar-refractivity contribution in [2.75, 3.05) is 40.4 Å². The van der Waals surface area contributed by atoms with E-state index in [1.165, 1.54) is 5.56 Å². The van der Waals surface area contributed by atoms with E-state index in [1.807, 2.05) is 25.2 Å². The van der Waals surface area contributed by atoms with E-state index in [9.17, 15) is 5.11 Å². The fourth-order valence-electron chi connectivity index (χ4n) is 2.10. The van der Waals surface area contributed by atoms with E-state index in [0.29, 0.717) is 25.6 Å². The summed E-state index contributed by atoms with van der Waals surface area (Å²) in [5, 5.41) is 9.68. The monoisotopic (exact) mass is 252 g/mol. The molecule has 0 aliphatic rings. The molecule has 1 aromatic carbocycles. The van der Waals surface area contributed by atoms with Crippen LogP contribution in [0.1, 0.15) is 11.5 Å². The molecule has 0 aliphatic heterocycles. The molecule has 18 heavy (non-hydrogen) atoms. The quantitative estimate of drug-likeness (QED) is 0.714. The van der Waals surface area contributed by atoms with Gasteiger partial charge < -0.3 is 20.5 Å². The van der Waals surface area contributed by atoms with Crippen molar-refractivity contribution < 1.29 is 9.84 Å². The van der Waals surface area contributed by atoms with E-state index in [1.54, 1.807) is 7.11 Å². The van der Waals surface area contributed by atoms with Crippen LogP contribution in [0.25, 0.3) is 0 Å². The van der Waals surface area contributed by atoms with Gasteiger partial charge in [0, 0.05) is 32.7 Å². The number of likely N-dealkylation sites (N-methyl/N-ethyl adjacent to an activating group) is 1. The second-order valence-electron chi connectivity index (χ2n) is 4.67. The molecule has 0 spiro atoms. The minimum absolute atomic E-state index is 0.297. The average Bonchev–Trinajstić information content (AvgIpc) is 2.37. The van der Waals surface area contributed by atoms with Gasteiger partial charge in [-0.1, -0.05) is 30.3 Å².